The molecule has 0 aromatic heterocycles. The third kappa shape index (κ3) is 4.60. The lowest BCUT2D eigenvalue weighted by molar-refractivity contribution is -0.136. The van der Waals surface area contributed by atoms with E-state index in [1.54, 1.807) is 0 Å². The number of anilines is 1. The number of nitrogens with one attached hydrogen (secondary N) is 1. The molecule has 0 saturated carbocycles. The highest BCUT2D eigenvalue weighted by Crippen LogP contribution is 2.48. The van der Waals surface area contributed by atoms with Crippen molar-refractivity contribution in [2.45, 2.75) is 65.7 Å². The van der Waals surface area contributed by atoms with Crippen molar-refractivity contribution in [3.05, 3.63) is 53.4 Å². The van der Waals surface area contributed by atoms with Crippen LogP contribution in [-0.2, 0) is 9.59 Å². The first-order chi connectivity index (χ1) is 15.8. The summed E-state index contributed by atoms with van der Waals surface area (Å²) >= 11 is 0. The molecule has 2 unspecified atom stereocenters. The lowest BCUT2D eigenvalue weighted by Crippen LogP contribution is -2.48. The quantitative estimate of drug-likeness (QED) is 0.687. The molecule has 2 heterocycles. The Hall–Kier alpha value is -2.56. The zero-order chi connectivity index (χ0) is 23.8. The molecule has 2 atom stereocenters. The largest absolute Gasteiger partial charge is 0.372 e. The molecule has 178 valence electrons. The van der Waals surface area contributed by atoms with E-state index in [0.29, 0.717) is 6.42 Å². The predicted octanol–water partition coefficient (Wildman–Crippen LogP) is 5.01. The van der Waals surface area contributed by atoms with E-state index in [-0.39, 0.29) is 23.0 Å². The standard InChI is InChI=1S/C28H39N3O2/c1-6-30(7-2)21-13-11-20(12-14-21)25-24(27(33)31-15-9-8-10-16-31)19(3)29-22-17-28(4,5)18-23(32)26(22)25/h11-14,24-25,29H,3,6-10,15-18H2,1-2,4-5H3. The molecule has 2 aliphatic heterocycles. The molecule has 1 saturated heterocycles. The van der Waals surface area contributed by atoms with Crippen LogP contribution in [0.3, 0.4) is 0 Å². The monoisotopic (exact) mass is 449 g/mol. The number of Topliss-reactive ketones (excluding diaryl/α,β-unsaturated/α-hetero) is 1. The second-order valence-corrected chi connectivity index (χ2v) is 10.6. The number of benzene rings is 1. The summed E-state index contributed by atoms with van der Waals surface area (Å²) in [7, 11) is 0. The van der Waals surface area contributed by atoms with E-state index in [0.717, 1.165) is 68.0 Å². The third-order valence-corrected chi connectivity index (χ3v) is 7.57. The van der Waals surface area contributed by atoms with Crippen LogP contribution in [0.5, 0.6) is 0 Å². The minimum atomic E-state index is -0.452. The molecule has 0 bridgehead atoms. The van der Waals surface area contributed by atoms with Crippen LogP contribution >= 0.6 is 0 Å². The van der Waals surface area contributed by atoms with Crippen LogP contribution in [0, 0.1) is 11.3 Å². The number of likely N-dealkylation sites (tertiary alicyclic amines) is 1. The summed E-state index contributed by atoms with van der Waals surface area (Å²) in [4.78, 5) is 31.6. The van der Waals surface area contributed by atoms with Gasteiger partial charge in [-0.25, -0.2) is 0 Å². The summed E-state index contributed by atoms with van der Waals surface area (Å²) in [6.45, 7) is 16.4. The fraction of sp³-hybridized carbons (Fsp3) is 0.571. The Bertz CT molecular complexity index is 950. The fourth-order valence-electron chi connectivity index (χ4n) is 5.89. The molecule has 33 heavy (non-hydrogen) atoms. The van der Waals surface area contributed by atoms with E-state index in [9.17, 15) is 9.59 Å². The van der Waals surface area contributed by atoms with Gasteiger partial charge in [0.05, 0.1) is 5.92 Å². The lowest BCUT2D eigenvalue weighted by atomic mass is 9.66. The first-order valence-corrected chi connectivity index (χ1v) is 12.6. The van der Waals surface area contributed by atoms with Gasteiger partial charge < -0.3 is 15.1 Å². The Balaban J connectivity index is 1.78. The Morgan fingerprint density at radius 2 is 1.73 bits per heavy atom. The number of hydrogen-bond donors (Lipinski definition) is 1. The van der Waals surface area contributed by atoms with Crippen molar-refractivity contribution in [2.75, 3.05) is 31.1 Å². The first-order valence-electron chi connectivity index (χ1n) is 12.6. The van der Waals surface area contributed by atoms with Gasteiger partial charge in [-0.15, -0.1) is 0 Å². The summed E-state index contributed by atoms with van der Waals surface area (Å²) in [6.07, 6.45) is 4.57. The van der Waals surface area contributed by atoms with Gasteiger partial charge in [0, 0.05) is 61.2 Å². The van der Waals surface area contributed by atoms with Crippen LogP contribution in [0.4, 0.5) is 5.69 Å². The second-order valence-electron chi connectivity index (χ2n) is 10.6. The van der Waals surface area contributed by atoms with Gasteiger partial charge in [-0.1, -0.05) is 32.6 Å². The summed E-state index contributed by atoms with van der Waals surface area (Å²) < 4.78 is 0. The maximum Gasteiger partial charge on any atom is 0.232 e. The molecule has 1 aliphatic carbocycles. The number of amides is 1. The highest BCUT2D eigenvalue weighted by molar-refractivity contribution is 6.01. The minimum Gasteiger partial charge on any atom is -0.372 e. The van der Waals surface area contributed by atoms with Crippen molar-refractivity contribution >= 4 is 17.4 Å². The topological polar surface area (TPSA) is 52.7 Å². The van der Waals surface area contributed by atoms with E-state index < -0.39 is 5.92 Å². The van der Waals surface area contributed by atoms with Gasteiger partial charge in [0.25, 0.3) is 0 Å². The summed E-state index contributed by atoms with van der Waals surface area (Å²) in [5.41, 5.74) is 4.59. The summed E-state index contributed by atoms with van der Waals surface area (Å²) in [5.74, 6) is -0.464. The normalized spacial score (nSPS) is 24.9. The van der Waals surface area contributed by atoms with Crippen LogP contribution in [0.15, 0.2) is 47.8 Å². The number of nitrogens with zero attached hydrogens (tertiary/aromatic N) is 2. The number of piperidine rings is 1. The molecule has 1 amide bonds. The average Bonchev–Trinajstić information content (AvgIpc) is 2.79. The van der Waals surface area contributed by atoms with Crippen molar-refractivity contribution in [1.82, 2.24) is 10.2 Å². The maximum absolute atomic E-state index is 13.8. The molecular formula is C28H39N3O2. The van der Waals surface area contributed by atoms with Crippen molar-refractivity contribution < 1.29 is 9.59 Å². The van der Waals surface area contributed by atoms with E-state index >= 15 is 0 Å². The number of carbonyl (C=O) groups excluding carboxylic acids is 2. The van der Waals surface area contributed by atoms with Gasteiger partial charge in [-0.2, -0.15) is 0 Å². The van der Waals surface area contributed by atoms with Crippen LogP contribution in [-0.4, -0.2) is 42.8 Å². The predicted molar refractivity (Wildman–Crippen MR) is 134 cm³/mol. The van der Waals surface area contributed by atoms with E-state index in [4.69, 9.17) is 0 Å². The van der Waals surface area contributed by atoms with Gasteiger partial charge >= 0.3 is 0 Å². The van der Waals surface area contributed by atoms with E-state index in [1.165, 1.54) is 12.1 Å². The average molecular weight is 450 g/mol. The third-order valence-electron chi connectivity index (χ3n) is 7.57. The van der Waals surface area contributed by atoms with Gasteiger partial charge in [0.2, 0.25) is 5.91 Å². The van der Waals surface area contributed by atoms with E-state index in [2.05, 4.69) is 68.8 Å². The Labute approximate surface area is 198 Å². The van der Waals surface area contributed by atoms with Crippen molar-refractivity contribution in [3.63, 3.8) is 0 Å². The van der Waals surface area contributed by atoms with Crippen LogP contribution in [0.1, 0.15) is 71.3 Å². The minimum absolute atomic E-state index is 0.0932. The summed E-state index contributed by atoms with van der Waals surface area (Å²) in [5, 5.41) is 3.43. The molecule has 5 nitrogen and oxygen atoms in total. The molecule has 0 radical (unpaired) electrons. The van der Waals surface area contributed by atoms with Crippen molar-refractivity contribution in [1.29, 1.82) is 0 Å². The molecule has 0 spiro atoms. The number of hydrogen-bond acceptors (Lipinski definition) is 4. The van der Waals surface area contributed by atoms with Crippen LogP contribution in [0.25, 0.3) is 0 Å². The summed E-state index contributed by atoms with van der Waals surface area (Å²) in [6, 6.07) is 8.50. The Morgan fingerprint density at radius 1 is 1.09 bits per heavy atom. The molecule has 1 aromatic carbocycles. The maximum atomic E-state index is 13.8. The molecule has 1 fully saturated rings. The van der Waals surface area contributed by atoms with Crippen LogP contribution < -0.4 is 10.2 Å². The first kappa shape index (κ1) is 23.6. The molecule has 3 aliphatic rings. The molecule has 1 aromatic rings. The van der Waals surface area contributed by atoms with E-state index in [1.807, 2.05) is 4.90 Å². The highest BCUT2D eigenvalue weighted by atomic mass is 16.2. The Kier molecular flexibility index (Phi) is 6.69. The lowest BCUT2D eigenvalue weighted by Gasteiger charge is -2.44. The number of allylic oxidation sites excluding steroid dienone is 2. The zero-order valence-corrected chi connectivity index (χ0v) is 20.7. The van der Waals surface area contributed by atoms with Gasteiger partial charge in [-0.05, 0) is 62.6 Å². The second kappa shape index (κ2) is 9.36. The molecule has 4 rings (SSSR count). The SMILES string of the molecule is C=C1NC2=C(C(=O)CC(C)(C)C2)C(c2ccc(N(CC)CC)cc2)C1C(=O)N1CCCCC1. The fourth-order valence-corrected chi connectivity index (χ4v) is 5.89. The van der Waals surface area contributed by atoms with Gasteiger partial charge in [0.15, 0.2) is 5.78 Å². The molecule has 1 N–H and O–H groups in total. The molecular weight excluding hydrogens is 410 g/mol. The highest BCUT2D eigenvalue weighted by Gasteiger charge is 2.47. The van der Waals surface area contributed by atoms with Crippen LogP contribution in [0.2, 0.25) is 0 Å². The number of rotatable bonds is 5. The zero-order valence-electron chi connectivity index (χ0n) is 20.7. The smallest absolute Gasteiger partial charge is 0.232 e. The van der Waals surface area contributed by atoms with Crippen molar-refractivity contribution in [3.8, 4) is 0 Å². The van der Waals surface area contributed by atoms with Crippen molar-refractivity contribution in [2.24, 2.45) is 11.3 Å². The van der Waals surface area contributed by atoms with Gasteiger partial charge in [-0.3, -0.25) is 9.59 Å². The number of carbonyl (C=O) groups is 2. The van der Waals surface area contributed by atoms with Gasteiger partial charge in [0.1, 0.15) is 0 Å². The number of ketones is 1. The molecule has 5 heteroatoms. The Morgan fingerprint density at radius 3 is 2.33 bits per heavy atom.